The molecule has 2 aromatic rings. The molecule has 1 heterocycles. The Morgan fingerprint density at radius 1 is 1.40 bits per heavy atom. The second-order valence-electron chi connectivity index (χ2n) is 4.33. The molecule has 3 nitrogen and oxygen atoms in total. The third-order valence-electron chi connectivity index (χ3n) is 2.90. The van der Waals surface area contributed by atoms with Crippen LogP contribution < -0.4 is 10.5 Å². The van der Waals surface area contributed by atoms with Crippen LogP contribution in [0, 0.1) is 11.6 Å². The van der Waals surface area contributed by atoms with Gasteiger partial charge in [-0.3, -0.25) is 0 Å². The Kier molecular flexibility index (Phi) is 4.77. The van der Waals surface area contributed by atoms with E-state index >= 15 is 0 Å². The summed E-state index contributed by atoms with van der Waals surface area (Å²) in [7, 11) is 0. The fourth-order valence-electron chi connectivity index (χ4n) is 1.78. The van der Waals surface area contributed by atoms with Gasteiger partial charge in [-0.1, -0.05) is 22.9 Å². The van der Waals surface area contributed by atoms with Crippen LogP contribution in [0.4, 0.5) is 8.78 Å². The van der Waals surface area contributed by atoms with Crippen molar-refractivity contribution in [3.05, 3.63) is 52.4 Å². The van der Waals surface area contributed by atoms with E-state index in [0.717, 1.165) is 6.07 Å². The van der Waals surface area contributed by atoms with Crippen molar-refractivity contribution in [1.82, 2.24) is 0 Å². The predicted molar refractivity (Wildman–Crippen MR) is 74.4 cm³/mol. The molecule has 0 aliphatic rings. The summed E-state index contributed by atoms with van der Waals surface area (Å²) in [6.45, 7) is 1.88. The first-order chi connectivity index (χ1) is 9.52. The van der Waals surface area contributed by atoms with Crippen molar-refractivity contribution in [3.8, 4) is 5.75 Å². The van der Waals surface area contributed by atoms with Gasteiger partial charge in [0.25, 0.3) is 0 Å². The van der Waals surface area contributed by atoms with Gasteiger partial charge >= 0.3 is 0 Å². The molecule has 0 saturated carbocycles. The van der Waals surface area contributed by atoms with Crippen molar-refractivity contribution in [2.75, 3.05) is 0 Å². The molecule has 2 N–H and O–H groups in total. The smallest absolute Gasteiger partial charge is 0.200 e. The van der Waals surface area contributed by atoms with E-state index in [1.807, 2.05) is 6.92 Å². The topological polar surface area (TPSA) is 48.4 Å². The highest BCUT2D eigenvalue weighted by Crippen LogP contribution is 2.31. The number of ether oxygens (including phenoxy) is 1. The van der Waals surface area contributed by atoms with E-state index in [1.165, 1.54) is 12.3 Å². The van der Waals surface area contributed by atoms with Crippen molar-refractivity contribution in [1.29, 1.82) is 0 Å². The summed E-state index contributed by atoms with van der Waals surface area (Å²) in [5, 5.41) is 0. The van der Waals surface area contributed by atoms with E-state index in [4.69, 9.17) is 14.9 Å². The number of rotatable bonds is 5. The third-order valence-corrected chi connectivity index (χ3v) is 3.36. The lowest BCUT2D eigenvalue weighted by Crippen LogP contribution is -2.31. The average Bonchev–Trinajstić information content (AvgIpc) is 2.94. The predicted octanol–water partition coefficient (Wildman–Crippen LogP) is 4.18. The summed E-state index contributed by atoms with van der Waals surface area (Å²) in [5.74, 6) is -1.77. The molecule has 0 amide bonds. The summed E-state index contributed by atoms with van der Waals surface area (Å²) < 4.78 is 38.3. The lowest BCUT2D eigenvalue weighted by molar-refractivity contribution is 0.137. The molecule has 0 aliphatic heterocycles. The Bertz CT molecular complexity index is 575. The van der Waals surface area contributed by atoms with Crippen LogP contribution in [0.2, 0.25) is 0 Å². The molecule has 2 atom stereocenters. The molecule has 6 heteroatoms. The minimum absolute atomic E-state index is 0.206. The van der Waals surface area contributed by atoms with E-state index < -0.39 is 23.8 Å². The minimum Gasteiger partial charge on any atom is -0.478 e. The Hall–Kier alpha value is -1.40. The van der Waals surface area contributed by atoms with Crippen molar-refractivity contribution < 1.29 is 17.9 Å². The van der Waals surface area contributed by atoms with Gasteiger partial charge in [-0.05, 0) is 30.7 Å². The Morgan fingerprint density at radius 3 is 2.75 bits per heavy atom. The van der Waals surface area contributed by atoms with Crippen molar-refractivity contribution >= 4 is 15.9 Å². The van der Waals surface area contributed by atoms with Gasteiger partial charge in [-0.25, -0.2) is 4.39 Å². The molecule has 2 rings (SSSR count). The van der Waals surface area contributed by atoms with Gasteiger partial charge < -0.3 is 14.9 Å². The molecule has 1 aromatic heterocycles. The van der Waals surface area contributed by atoms with Crippen LogP contribution >= 0.6 is 15.9 Å². The van der Waals surface area contributed by atoms with E-state index in [2.05, 4.69) is 15.9 Å². The first-order valence-corrected chi connectivity index (χ1v) is 6.92. The van der Waals surface area contributed by atoms with Gasteiger partial charge in [0.2, 0.25) is 5.82 Å². The first-order valence-electron chi connectivity index (χ1n) is 6.13. The van der Waals surface area contributed by atoms with Crippen LogP contribution in [0.15, 0.2) is 39.4 Å². The molecule has 0 saturated heterocycles. The van der Waals surface area contributed by atoms with Gasteiger partial charge in [-0.15, -0.1) is 0 Å². The van der Waals surface area contributed by atoms with Crippen LogP contribution in [0.25, 0.3) is 0 Å². The highest BCUT2D eigenvalue weighted by molar-refractivity contribution is 9.10. The molecule has 108 valence electrons. The largest absolute Gasteiger partial charge is 0.478 e. The maximum absolute atomic E-state index is 13.8. The van der Waals surface area contributed by atoms with Gasteiger partial charge in [0.1, 0.15) is 5.76 Å². The molecule has 0 aliphatic carbocycles. The summed E-state index contributed by atoms with van der Waals surface area (Å²) in [5.41, 5.74) is 5.97. The van der Waals surface area contributed by atoms with Gasteiger partial charge in [0.15, 0.2) is 17.7 Å². The van der Waals surface area contributed by atoms with Crippen LogP contribution in [-0.2, 0) is 0 Å². The first kappa shape index (κ1) is 15.0. The van der Waals surface area contributed by atoms with Crippen molar-refractivity contribution in [2.45, 2.75) is 25.5 Å². The molecule has 0 spiro atoms. The minimum atomic E-state index is -1.05. The van der Waals surface area contributed by atoms with Gasteiger partial charge in [0.05, 0.1) is 6.26 Å². The number of benzene rings is 1. The number of hydrogen-bond acceptors (Lipinski definition) is 3. The molecule has 0 bridgehead atoms. The Labute approximate surface area is 123 Å². The van der Waals surface area contributed by atoms with Crippen molar-refractivity contribution in [3.63, 3.8) is 0 Å². The summed E-state index contributed by atoms with van der Waals surface area (Å²) in [6, 6.07) is 5.36. The summed E-state index contributed by atoms with van der Waals surface area (Å²) >= 11 is 3.10. The molecule has 0 radical (unpaired) electrons. The fraction of sp³-hybridized carbons (Fsp3) is 0.286. The third kappa shape index (κ3) is 3.19. The van der Waals surface area contributed by atoms with E-state index in [9.17, 15) is 8.78 Å². The summed E-state index contributed by atoms with van der Waals surface area (Å²) in [4.78, 5) is 0. The maximum atomic E-state index is 13.8. The van der Waals surface area contributed by atoms with E-state index in [-0.39, 0.29) is 5.75 Å². The zero-order valence-electron chi connectivity index (χ0n) is 10.8. The van der Waals surface area contributed by atoms with Crippen molar-refractivity contribution in [2.24, 2.45) is 5.73 Å². The van der Waals surface area contributed by atoms with E-state index in [0.29, 0.717) is 16.7 Å². The number of nitrogens with two attached hydrogens (primary N) is 1. The molecular formula is C14H14BrF2NO2. The highest BCUT2D eigenvalue weighted by atomic mass is 79.9. The zero-order valence-corrected chi connectivity index (χ0v) is 12.4. The second-order valence-corrected chi connectivity index (χ2v) is 5.24. The summed E-state index contributed by atoms with van der Waals surface area (Å²) in [6.07, 6.45) is 1.40. The Morgan fingerprint density at radius 2 is 2.15 bits per heavy atom. The highest BCUT2D eigenvalue weighted by Gasteiger charge is 2.25. The normalized spacial score (nSPS) is 14.1. The van der Waals surface area contributed by atoms with Crippen LogP contribution in [-0.4, -0.2) is 6.04 Å². The number of hydrogen-bond donors (Lipinski definition) is 1. The SMILES string of the molecule is CCC(N)C(Oc1cc(Br)cc(F)c1F)c1ccco1. The maximum Gasteiger partial charge on any atom is 0.200 e. The monoisotopic (exact) mass is 345 g/mol. The van der Waals surface area contributed by atoms with E-state index in [1.54, 1.807) is 12.1 Å². The lowest BCUT2D eigenvalue weighted by atomic mass is 10.1. The average molecular weight is 346 g/mol. The molecule has 20 heavy (non-hydrogen) atoms. The van der Waals surface area contributed by atoms with Crippen LogP contribution in [0.5, 0.6) is 5.75 Å². The standard InChI is InChI=1S/C14H14BrF2NO2/c1-2-10(18)14(11-4-3-5-19-11)20-12-7-8(15)6-9(16)13(12)17/h3-7,10,14H,2,18H2,1H3. The van der Waals surface area contributed by atoms with Gasteiger partial charge in [-0.2, -0.15) is 4.39 Å². The van der Waals surface area contributed by atoms with Crippen LogP contribution in [0.3, 0.4) is 0 Å². The van der Waals surface area contributed by atoms with Gasteiger partial charge in [0, 0.05) is 10.5 Å². The second kappa shape index (κ2) is 6.37. The zero-order chi connectivity index (χ0) is 14.7. The fourth-order valence-corrected chi connectivity index (χ4v) is 2.19. The molecule has 0 fully saturated rings. The molecular weight excluding hydrogens is 332 g/mol. The molecule has 1 aromatic carbocycles. The number of halogens is 3. The number of furan rings is 1. The molecule has 2 unspecified atom stereocenters. The lowest BCUT2D eigenvalue weighted by Gasteiger charge is -2.22. The quantitative estimate of drug-likeness (QED) is 0.827. The Balaban J connectivity index is 2.33. The van der Waals surface area contributed by atoms with Crippen LogP contribution in [0.1, 0.15) is 25.2 Å².